The molecule has 0 saturated carbocycles. The van der Waals surface area contributed by atoms with E-state index in [4.69, 9.17) is 14.2 Å². The smallest absolute Gasteiger partial charge is 0.410 e. The third-order valence-electron chi connectivity index (χ3n) is 5.51. The zero-order valence-corrected chi connectivity index (χ0v) is 18.9. The molecule has 1 unspecified atom stereocenters. The van der Waals surface area contributed by atoms with Gasteiger partial charge in [-0.2, -0.15) is 0 Å². The first-order chi connectivity index (χ1) is 14.5. The molecule has 9 heteroatoms. The van der Waals surface area contributed by atoms with E-state index in [-0.39, 0.29) is 32.5 Å². The summed E-state index contributed by atoms with van der Waals surface area (Å²) >= 11 is 0. The third kappa shape index (κ3) is 6.08. The summed E-state index contributed by atoms with van der Waals surface area (Å²) in [4.78, 5) is 38.3. The van der Waals surface area contributed by atoms with Crippen LogP contribution in [0, 0.1) is 15.5 Å². The second-order valence-corrected chi connectivity index (χ2v) is 8.69. The largest absolute Gasteiger partial charge is 0.497 e. The molecule has 1 aromatic carbocycles. The summed E-state index contributed by atoms with van der Waals surface area (Å²) in [6.07, 6.45) is 0.0332. The van der Waals surface area contributed by atoms with Crippen LogP contribution in [0.1, 0.15) is 52.0 Å². The molecule has 0 aromatic heterocycles. The lowest BCUT2D eigenvalue weighted by molar-refractivity contribution is -0.486. The monoisotopic (exact) mass is 436 g/mol. The molecule has 1 heterocycles. The minimum Gasteiger partial charge on any atom is -0.497 e. The van der Waals surface area contributed by atoms with Crippen LogP contribution in [-0.4, -0.2) is 60.8 Å². The number of hydrogen-bond acceptors (Lipinski definition) is 7. The molecule has 0 N–H and O–H groups in total. The first-order valence-electron chi connectivity index (χ1n) is 10.4. The minimum absolute atomic E-state index is 0.171. The van der Waals surface area contributed by atoms with Crippen LogP contribution in [-0.2, 0) is 14.3 Å². The first kappa shape index (κ1) is 24.4. The Labute approximate surface area is 182 Å². The van der Waals surface area contributed by atoms with Gasteiger partial charge in [0.05, 0.1) is 25.0 Å². The van der Waals surface area contributed by atoms with Crippen LogP contribution in [0.2, 0.25) is 0 Å². The molecule has 172 valence electrons. The number of likely N-dealkylation sites (tertiary alicyclic amines) is 1. The molecule has 0 radical (unpaired) electrons. The lowest BCUT2D eigenvalue weighted by Crippen LogP contribution is -2.52. The highest BCUT2D eigenvalue weighted by molar-refractivity contribution is 5.79. The molecule has 0 aliphatic carbocycles. The number of piperidine rings is 1. The maximum atomic E-state index is 13.1. The van der Waals surface area contributed by atoms with Gasteiger partial charge in [-0.25, -0.2) is 4.79 Å². The Morgan fingerprint density at radius 1 is 1.19 bits per heavy atom. The molecular formula is C22H32N2O7. The summed E-state index contributed by atoms with van der Waals surface area (Å²) in [5.74, 6) is -0.553. The number of nitrogens with zero attached hydrogens (tertiary/aromatic N) is 2. The fourth-order valence-electron chi connectivity index (χ4n) is 3.97. The van der Waals surface area contributed by atoms with Crippen molar-refractivity contribution in [1.82, 2.24) is 4.90 Å². The van der Waals surface area contributed by atoms with Crippen molar-refractivity contribution in [2.45, 2.75) is 52.1 Å². The van der Waals surface area contributed by atoms with Crippen LogP contribution in [0.25, 0.3) is 0 Å². The lowest BCUT2D eigenvalue weighted by Gasteiger charge is -2.43. The summed E-state index contributed by atoms with van der Waals surface area (Å²) in [6.45, 7) is 7.31. The van der Waals surface area contributed by atoms with Crippen LogP contribution in [0.3, 0.4) is 0 Å². The van der Waals surface area contributed by atoms with Crippen molar-refractivity contribution in [1.29, 1.82) is 0 Å². The highest BCUT2D eigenvalue weighted by Crippen LogP contribution is 2.46. The molecule has 1 saturated heterocycles. The second-order valence-electron chi connectivity index (χ2n) is 8.69. The van der Waals surface area contributed by atoms with E-state index in [9.17, 15) is 19.7 Å². The van der Waals surface area contributed by atoms with Crippen molar-refractivity contribution in [3.63, 3.8) is 0 Å². The molecule has 2 rings (SSSR count). The molecule has 1 amide bonds. The number of carbonyl (C=O) groups is 2. The van der Waals surface area contributed by atoms with Crippen molar-refractivity contribution in [2.24, 2.45) is 5.41 Å². The number of rotatable bonds is 7. The van der Waals surface area contributed by atoms with E-state index in [2.05, 4.69) is 0 Å². The first-order valence-corrected chi connectivity index (χ1v) is 10.4. The number of amides is 1. The summed E-state index contributed by atoms with van der Waals surface area (Å²) in [6, 6.07) is 6.93. The Morgan fingerprint density at radius 3 is 2.23 bits per heavy atom. The van der Waals surface area contributed by atoms with E-state index < -0.39 is 40.5 Å². The van der Waals surface area contributed by atoms with Crippen LogP contribution < -0.4 is 4.74 Å². The van der Waals surface area contributed by atoms with Crippen LogP contribution in [0.15, 0.2) is 24.3 Å². The number of esters is 1. The summed E-state index contributed by atoms with van der Waals surface area (Å²) in [5, 5.41) is 11.5. The fourth-order valence-corrected chi connectivity index (χ4v) is 3.97. The van der Waals surface area contributed by atoms with Gasteiger partial charge >= 0.3 is 12.1 Å². The van der Waals surface area contributed by atoms with Gasteiger partial charge in [0.15, 0.2) is 0 Å². The predicted octanol–water partition coefficient (Wildman–Crippen LogP) is 3.64. The Bertz CT molecular complexity index is 778. The molecule has 1 atom stereocenters. The molecular weight excluding hydrogens is 404 g/mol. The average Bonchev–Trinajstić information content (AvgIpc) is 2.71. The van der Waals surface area contributed by atoms with Crippen LogP contribution in [0.4, 0.5) is 4.79 Å². The van der Waals surface area contributed by atoms with Gasteiger partial charge in [-0.3, -0.25) is 14.9 Å². The average molecular weight is 437 g/mol. The standard InChI is InChI=1S/C22H32N2O7/c1-6-30-19(25)22(11-13-23(14-12-22)20(26)31-21(2,3)4)18(15-24(27)28)16-7-9-17(29-5)10-8-16/h7-10,18H,6,11-15H2,1-5H3. The van der Waals surface area contributed by atoms with E-state index in [1.165, 1.54) is 7.11 Å². The summed E-state index contributed by atoms with van der Waals surface area (Å²) in [5.41, 5.74) is -1.09. The highest BCUT2D eigenvalue weighted by Gasteiger charge is 2.52. The molecule has 0 bridgehead atoms. The quantitative estimate of drug-likeness (QED) is 0.365. The zero-order valence-electron chi connectivity index (χ0n) is 18.9. The molecule has 0 spiro atoms. The number of nitro groups is 1. The number of ether oxygens (including phenoxy) is 3. The number of hydrogen-bond donors (Lipinski definition) is 0. The van der Waals surface area contributed by atoms with Gasteiger partial charge in [0.25, 0.3) is 0 Å². The third-order valence-corrected chi connectivity index (χ3v) is 5.51. The molecule has 31 heavy (non-hydrogen) atoms. The van der Waals surface area contributed by atoms with E-state index in [0.29, 0.717) is 11.3 Å². The maximum absolute atomic E-state index is 13.1. The number of carbonyl (C=O) groups excluding carboxylic acids is 2. The summed E-state index contributed by atoms with van der Waals surface area (Å²) in [7, 11) is 1.54. The van der Waals surface area contributed by atoms with E-state index in [0.717, 1.165) is 0 Å². The van der Waals surface area contributed by atoms with Crippen molar-refractivity contribution in [3.05, 3.63) is 39.9 Å². The van der Waals surface area contributed by atoms with Gasteiger partial charge in [-0.05, 0) is 58.2 Å². The molecule has 1 aliphatic rings. The SMILES string of the molecule is CCOC(=O)C1(C(C[N+](=O)[O-])c2ccc(OC)cc2)CCN(C(=O)OC(C)(C)C)CC1. The Kier molecular flexibility index (Phi) is 7.86. The van der Waals surface area contributed by atoms with Gasteiger partial charge in [-0.15, -0.1) is 0 Å². The van der Waals surface area contributed by atoms with Crippen molar-refractivity contribution in [3.8, 4) is 5.75 Å². The van der Waals surface area contributed by atoms with Gasteiger partial charge in [0, 0.05) is 18.0 Å². The van der Waals surface area contributed by atoms with Gasteiger partial charge in [-0.1, -0.05) is 12.1 Å². The highest BCUT2D eigenvalue weighted by atomic mass is 16.6. The minimum atomic E-state index is -1.11. The topological polar surface area (TPSA) is 108 Å². The Morgan fingerprint density at radius 2 is 1.77 bits per heavy atom. The van der Waals surface area contributed by atoms with Gasteiger partial charge < -0.3 is 19.1 Å². The Hall–Kier alpha value is -2.84. The molecule has 1 fully saturated rings. The van der Waals surface area contributed by atoms with Gasteiger partial charge in [0.1, 0.15) is 11.4 Å². The fraction of sp³-hybridized carbons (Fsp3) is 0.636. The van der Waals surface area contributed by atoms with Crippen LogP contribution in [0.5, 0.6) is 5.75 Å². The van der Waals surface area contributed by atoms with E-state index in [1.54, 1.807) is 56.9 Å². The molecule has 1 aromatic rings. The zero-order chi connectivity index (χ0) is 23.2. The maximum Gasteiger partial charge on any atom is 0.410 e. The van der Waals surface area contributed by atoms with Gasteiger partial charge in [0.2, 0.25) is 6.54 Å². The molecule has 9 nitrogen and oxygen atoms in total. The number of methoxy groups -OCH3 is 1. The molecule has 1 aliphatic heterocycles. The van der Waals surface area contributed by atoms with Crippen LogP contribution >= 0.6 is 0 Å². The van der Waals surface area contributed by atoms with E-state index in [1.807, 2.05) is 0 Å². The van der Waals surface area contributed by atoms with Crippen molar-refractivity contribution < 1.29 is 28.7 Å². The summed E-state index contributed by atoms with van der Waals surface area (Å²) < 4.78 is 16.0. The lowest BCUT2D eigenvalue weighted by atomic mass is 9.66. The Balaban J connectivity index is 2.37. The normalized spacial score (nSPS) is 16.9. The predicted molar refractivity (Wildman–Crippen MR) is 114 cm³/mol. The van der Waals surface area contributed by atoms with E-state index >= 15 is 0 Å². The second kappa shape index (κ2) is 9.98. The number of benzene rings is 1. The van der Waals surface area contributed by atoms with Crippen molar-refractivity contribution >= 4 is 12.1 Å². The van der Waals surface area contributed by atoms with Crippen molar-refractivity contribution in [2.75, 3.05) is 33.4 Å².